The Labute approximate surface area is 145 Å². The number of H-pyrrole nitrogens is 1. The highest BCUT2D eigenvalue weighted by atomic mass is 79.9. The van der Waals surface area contributed by atoms with Crippen LogP contribution >= 0.6 is 15.9 Å². The van der Waals surface area contributed by atoms with Crippen LogP contribution in [0, 0.1) is 0 Å². The maximum Gasteiger partial charge on any atom is 0.255 e. The Kier molecular flexibility index (Phi) is 4.43. The molecule has 0 fully saturated rings. The molecule has 0 saturated carbocycles. The van der Waals surface area contributed by atoms with Gasteiger partial charge in [-0.25, -0.2) is 4.98 Å². The van der Waals surface area contributed by atoms with Crippen molar-refractivity contribution in [3.63, 3.8) is 0 Å². The van der Waals surface area contributed by atoms with Gasteiger partial charge in [-0.15, -0.1) is 0 Å². The third kappa shape index (κ3) is 3.72. The number of hydrogen-bond donors (Lipinski definition) is 1. The van der Waals surface area contributed by atoms with Gasteiger partial charge in [-0.1, -0.05) is 48.8 Å². The lowest BCUT2D eigenvalue weighted by atomic mass is 9.95. The van der Waals surface area contributed by atoms with Crippen molar-refractivity contribution in [3.05, 3.63) is 61.7 Å². The first kappa shape index (κ1) is 16.4. The topological polar surface area (TPSA) is 49.0 Å². The Hall–Kier alpha value is -1.46. The van der Waals surface area contributed by atoms with Crippen LogP contribution in [-0.4, -0.2) is 21.4 Å². The minimum Gasteiger partial charge on any atom is -0.310 e. The van der Waals surface area contributed by atoms with Crippen molar-refractivity contribution in [1.82, 2.24) is 14.9 Å². The summed E-state index contributed by atoms with van der Waals surface area (Å²) >= 11 is 3.51. The van der Waals surface area contributed by atoms with Crippen molar-refractivity contribution in [2.75, 3.05) is 6.54 Å². The molecule has 23 heavy (non-hydrogen) atoms. The van der Waals surface area contributed by atoms with E-state index in [4.69, 9.17) is 4.98 Å². The van der Waals surface area contributed by atoms with Gasteiger partial charge in [-0.05, 0) is 17.7 Å². The Bertz CT molecular complexity index is 777. The molecule has 0 atom stereocenters. The molecule has 1 aromatic heterocycles. The molecule has 0 spiro atoms. The fourth-order valence-electron chi connectivity index (χ4n) is 2.86. The average molecular weight is 376 g/mol. The molecule has 2 heterocycles. The Morgan fingerprint density at radius 3 is 2.83 bits per heavy atom. The average Bonchev–Trinajstić information content (AvgIpc) is 2.47. The SMILES string of the molecule is CC(C)(C)c1nc2c(c(=O)[nH]1)CN(Cc1cccc(Br)c1)CC2. The van der Waals surface area contributed by atoms with Crippen molar-refractivity contribution in [3.8, 4) is 0 Å². The number of benzene rings is 1. The number of aromatic nitrogens is 2. The van der Waals surface area contributed by atoms with E-state index in [1.54, 1.807) is 0 Å². The van der Waals surface area contributed by atoms with Gasteiger partial charge < -0.3 is 4.98 Å². The zero-order chi connectivity index (χ0) is 16.6. The molecule has 3 rings (SSSR count). The Morgan fingerprint density at radius 1 is 1.35 bits per heavy atom. The molecule has 122 valence electrons. The molecule has 4 nitrogen and oxygen atoms in total. The van der Waals surface area contributed by atoms with Gasteiger partial charge in [0.2, 0.25) is 0 Å². The highest BCUT2D eigenvalue weighted by Gasteiger charge is 2.24. The van der Waals surface area contributed by atoms with Gasteiger partial charge in [-0.3, -0.25) is 9.69 Å². The fourth-order valence-corrected chi connectivity index (χ4v) is 3.31. The Balaban J connectivity index is 1.83. The van der Waals surface area contributed by atoms with Crippen LogP contribution < -0.4 is 5.56 Å². The summed E-state index contributed by atoms with van der Waals surface area (Å²) in [7, 11) is 0. The van der Waals surface area contributed by atoms with Crippen molar-refractivity contribution in [2.24, 2.45) is 0 Å². The van der Waals surface area contributed by atoms with E-state index < -0.39 is 0 Å². The van der Waals surface area contributed by atoms with Crippen LogP contribution in [0.3, 0.4) is 0 Å². The summed E-state index contributed by atoms with van der Waals surface area (Å²) in [5, 5.41) is 0. The van der Waals surface area contributed by atoms with E-state index in [1.165, 1.54) is 5.56 Å². The number of nitrogens with one attached hydrogen (secondary N) is 1. The minimum absolute atomic E-state index is 0.0128. The summed E-state index contributed by atoms with van der Waals surface area (Å²) in [4.78, 5) is 22.4. The minimum atomic E-state index is -0.137. The van der Waals surface area contributed by atoms with Crippen molar-refractivity contribution >= 4 is 15.9 Å². The lowest BCUT2D eigenvalue weighted by Crippen LogP contribution is -2.37. The third-order valence-corrected chi connectivity index (χ3v) is 4.65. The van der Waals surface area contributed by atoms with Gasteiger partial charge in [-0.2, -0.15) is 0 Å². The highest BCUT2D eigenvalue weighted by molar-refractivity contribution is 9.10. The molecule has 0 bridgehead atoms. The molecular formula is C18H22BrN3O. The summed E-state index contributed by atoms with van der Waals surface area (Å²) < 4.78 is 1.08. The normalized spacial score (nSPS) is 15.5. The van der Waals surface area contributed by atoms with E-state index >= 15 is 0 Å². The first-order valence-electron chi connectivity index (χ1n) is 7.92. The smallest absolute Gasteiger partial charge is 0.255 e. The predicted octanol–water partition coefficient (Wildman–Crippen LogP) is 3.39. The van der Waals surface area contributed by atoms with Crippen LogP contribution in [0.15, 0.2) is 33.5 Å². The highest BCUT2D eigenvalue weighted by Crippen LogP contribution is 2.22. The number of aromatic amines is 1. The molecule has 1 aromatic carbocycles. The third-order valence-electron chi connectivity index (χ3n) is 4.15. The lowest BCUT2D eigenvalue weighted by molar-refractivity contribution is 0.241. The van der Waals surface area contributed by atoms with E-state index in [1.807, 2.05) is 12.1 Å². The zero-order valence-electron chi connectivity index (χ0n) is 13.8. The van der Waals surface area contributed by atoms with Crippen LogP contribution in [0.25, 0.3) is 0 Å². The largest absolute Gasteiger partial charge is 0.310 e. The van der Waals surface area contributed by atoms with Gasteiger partial charge in [0.1, 0.15) is 5.82 Å². The van der Waals surface area contributed by atoms with E-state index in [0.717, 1.165) is 41.1 Å². The number of rotatable bonds is 2. The van der Waals surface area contributed by atoms with Crippen LogP contribution in [0.1, 0.15) is 43.4 Å². The van der Waals surface area contributed by atoms with E-state index in [9.17, 15) is 4.79 Å². The van der Waals surface area contributed by atoms with Crippen molar-refractivity contribution in [2.45, 2.75) is 45.7 Å². The number of hydrogen-bond acceptors (Lipinski definition) is 3. The summed E-state index contributed by atoms with van der Waals surface area (Å²) in [6, 6.07) is 8.31. The van der Waals surface area contributed by atoms with Crippen LogP contribution in [0.4, 0.5) is 0 Å². The number of fused-ring (bicyclic) bond motifs is 1. The second-order valence-electron chi connectivity index (χ2n) is 7.18. The van der Waals surface area contributed by atoms with E-state index in [-0.39, 0.29) is 11.0 Å². The predicted molar refractivity (Wildman–Crippen MR) is 95.5 cm³/mol. The summed E-state index contributed by atoms with van der Waals surface area (Å²) in [6.45, 7) is 8.65. The van der Waals surface area contributed by atoms with Crippen molar-refractivity contribution in [1.29, 1.82) is 0 Å². The number of nitrogens with zero attached hydrogens (tertiary/aromatic N) is 2. The molecule has 0 unspecified atom stereocenters. The molecule has 2 aromatic rings. The van der Waals surface area contributed by atoms with Gasteiger partial charge in [0.05, 0.1) is 11.3 Å². The van der Waals surface area contributed by atoms with Crippen LogP contribution in [0.2, 0.25) is 0 Å². The van der Waals surface area contributed by atoms with E-state index in [2.05, 4.69) is 58.7 Å². The maximum atomic E-state index is 12.5. The lowest BCUT2D eigenvalue weighted by Gasteiger charge is -2.29. The molecule has 0 aliphatic carbocycles. The van der Waals surface area contributed by atoms with Gasteiger partial charge in [0.15, 0.2) is 0 Å². The standard InChI is InChI=1S/C18H22BrN3O/c1-18(2,3)17-20-15-7-8-22(11-14(15)16(23)21-17)10-12-5-4-6-13(19)9-12/h4-6,9H,7-8,10-11H2,1-3H3,(H,20,21,23). The molecule has 0 radical (unpaired) electrons. The van der Waals surface area contributed by atoms with Gasteiger partial charge in [0.25, 0.3) is 5.56 Å². The number of halogens is 1. The summed E-state index contributed by atoms with van der Waals surface area (Å²) in [6.07, 6.45) is 0.830. The molecule has 5 heteroatoms. The second-order valence-corrected chi connectivity index (χ2v) is 8.10. The van der Waals surface area contributed by atoms with Gasteiger partial charge in [0, 0.05) is 35.9 Å². The van der Waals surface area contributed by atoms with Crippen LogP contribution in [0.5, 0.6) is 0 Å². The first-order valence-corrected chi connectivity index (χ1v) is 8.71. The van der Waals surface area contributed by atoms with E-state index in [0.29, 0.717) is 6.54 Å². The molecule has 1 aliphatic heterocycles. The maximum absolute atomic E-state index is 12.5. The molecule has 1 N–H and O–H groups in total. The van der Waals surface area contributed by atoms with Crippen molar-refractivity contribution < 1.29 is 0 Å². The molecule has 0 saturated heterocycles. The zero-order valence-corrected chi connectivity index (χ0v) is 15.4. The second kappa shape index (κ2) is 6.21. The monoisotopic (exact) mass is 375 g/mol. The summed E-state index contributed by atoms with van der Waals surface area (Å²) in [5.41, 5.74) is 2.91. The summed E-state index contributed by atoms with van der Waals surface area (Å²) in [5.74, 6) is 0.779. The Morgan fingerprint density at radius 2 is 2.13 bits per heavy atom. The molecular weight excluding hydrogens is 354 g/mol. The van der Waals surface area contributed by atoms with Gasteiger partial charge >= 0.3 is 0 Å². The quantitative estimate of drug-likeness (QED) is 0.874. The van der Waals surface area contributed by atoms with Crippen LogP contribution in [-0.2, 0) is 24.9 Å². The molecule has 0 amide bonds. The molecule has 1 aliphatic rings. The first-order chi connectivity index (χ1) is 10.8. The fraction of sp³-hybridized carbons (Fsp3) is 0.444.